The van der Waals surface area contributed by atoms with Crippen LogP contribution < -0.4 is 15.8 Å². The number of aryl methyl sites for hydroxylation is 1. The van der Waals surface area contributed by atoms with Gasteiger partial charge in [0.1, 0.15) is 11.5 Å². The topological polar surface area (TPSA) is 99.2 Å². The highest BCUT2D eigenvalue weighted by Crippen LogP contribution is 2.24. The lowest BCUT2D eigenvalue weighted by Gasteiger charge is -2.19. The van der Waals surface area contributed by atoms with E-state index in [0.717, 1.165) is 11.1 Å². The molecule has 0 bridgehead atoms. The number of para-hydroxylation sites is 1. The molecule has 3 rings (SSSR count). The van der Waals surface area contributed by atoms with Gasteiger partial charge in [-0.25, -0.2) is 4.39 Å². The third-order valence-electron chi connectivity index (χ3n) is 4.47. The average Bonchev–Trinajstić information content (AvgIpc) is 3.12. The summed E-state index contributed by atoms with van der Waals surface area (Å²) in [5.74, 6) is -1.39. The predicted octanol–water partition coefficient (Wildman–Crippen LogP) is 2.67. The molecule has 0 spiro atoms. The van der Waals surface area contributed by atoms with Crippen LogP contribution in [-0.2, 0) is 4.79 Å². The zero-order chi connectivity index (χ0) is 21.0. The van der Waals surface area contributed by atoms with Crippen LogP contribution in [0.15, 0.2) is 54.6 Å². The summed E-state index contributed by atoms with van der Waals surface area (Å²) in [6.07, 6.45) is -0.0677. The van der Waals surface area contributed by atoms with Crippen LogP contribution in [0.2, 0.25) is 0 Å². The van der Waals surface area contributed by atoms with Crippen LogP contribution in [0.25, 0.3) is 5.69 Å². The molecule has 0 radical (unpaired) electrons. The van der Waals surface area contributed by atoms with E-state index in [1.54, 1.807) is 12.1 Å². The zero-order valence-corrected chi connectivity index (χ0v) is 16.1. The third kappa shape index (κ3) is 4.43. The van der Waals surface area contributed by atoms with Gasteiger partial charge in [-0.1, -0.05) is 36.4 Å². The van der Waals surface area contributed by atoms with Crippen molar-refractivity contribution in [2.24, 2.45) is 5.73 Å². The lowest BCUT2D eigenvalue weighted by Crippen LogP contribution is -2.32. The number of hydrogen-bond acceptors (Lipinski definition) is 4. The average molecular weight is 396 g/mol. The fourth-order valence-electron chi connectivity index (χ4n) is 3.07. The molecular formula is C21H21FN4O3. The highest BCUT2D eigenvalue weighted by Gasteiger charge is 2.23. The second-order valence-electron chi connectivity index (χ2n) is 6.49. The molecule has 3 N–H and O–H groups in total. The number of rotatable bonds is 7. The minimum absolute atomic E-state index is 0.0214. The van der Waals surface area contributed by atoms with Crippen LogP contribution in [0.3, 0.4) is 0 Å². The number of carbonyl (C=O) groups excluding carboxylic acids is 2. The predicted molar refractivity (Wildman–Crippen MR) is 105 cm³/mol. The van der Waals surface area contributed by atoms with E-state index in [1.807, 2.05) is 31.2 Å². The first kappa shape index (κ1) is 20.1. The number of halogens is 1. The van der Waals surface area contributed by atoms with Gasteiger partial charge < -0.3 is 15.8 Å². The van der Waals surface area contributed by atoms with Crippen LogP contribution in [0.1, 0.15) is 34.1 Å². The quantitative estimate of drug-likeness (QED) is 0.641. The Kier molecular flexibility index (Phi) is 5.92. The highest BCUT2D eigenvalue weighted by atomic mass is 19.1. The van der Waals surface area contributed by atoms with Crippen LogP contribution >= 0.6 is 0 Å². The van der Waals surface area contributed by atoms with Crippen molar-refractivity contribution >= 4 is 11.8 Å². The van der Waals surface area contributed by atoms with Crippen molar-refractivity contribution in [1.29, 1.82) is 0 Å². The van der Waals surface area contributed by atoms with E-state index in [2.05, 4.69) is 10.4 Å². The van der Waals surface area contributed by atoms with E-state index >= 15 is 0 Å². The molecule has 0 fully saturated rings. The van der Waals surface area contributed by atoms with E-state index in [-0.39, 0.29) is 23.7 Å². The molecule has 7 nitrogen and oxygen atoms in total. The van der Waals surface area contributed by atoms with Gasteiger partial charge in [0.05, 0.1) is 19.6 Å². The Labute approximate surface area is 167 Å². The van der Waals surface area contributed by atoms with Crippen molar-refractivity contribution in [2.45, 2.75) is 19.4 Å². The molecule has 150 valence electrons. The lowest BCUT2D eigenvalue weighted by molar-refractivity contribution is -0.118. The molecule has 1 heterocycles. The lowest BCUT2D eigenvalue weighted by atomic mass is 9.98. The summed E-state index contributed by atoms with van der Waals surface area (Å²) in [4.78, 5) is 24.4. The molecule has 0 aliphatic rings. The number of hydrogen-bond donors (Lipinski definition) is 2. The summed E-state index contributed by atoms with van der Waals surface area (Å²) in [6.45, 7) is 1.88. The Balaban J connectivity index is 1.92. The van der Waals surface area contributed by atoms with Crippen molar-refractivity contribution in [2.75, 3.05) is 7.11 Å². The number of aromatic nitrogens is 2. The first-order valence-corrected chi connectivity index (χ1v) is 8.94. The highest BCUT2D eigenvalue weighted by molar-refractivity contribution is 5.93. The summed E-state index contributed by atoms with van der Waals surface area (Å²) in [5, 5.41) is 6.97. The molecule has 1 aromatic heterocycles. The Bertz CT molecular complexity index is 1050. The molecule has 1 unspecified atom stereocenters. The molecule has 3 aromatic rings. The number of amides is 2. The summed E-state index contributed by atoms with van der Waals surface area (Å²) >= 11 is 0. The number of ether oxygens (including phenoxy) is 1. The van der Waals surface area contributed by atoms with E-state index in [9.17, 15) is 14.0 Å². The first-order chi connectivity index (χ1) is 13.9. The Hall–Kier alpha value is -3.68. The molecule has 0 aliphatic carbocycles. The number of carbonyl (C=O) groups is 2. The van der Waals surface area contributed by atoms with Gasteiger partial charge in [0.25, 0.3) is 5.91 Å². The molecule has 2 amide bonds. The Morgan fingerprint density at radius 3 is 2.55 bits per heavy atom. The fourth-order valence-corrected chi connectivity index (χ4v) is 3.07. The van der Waals surface area contributed by atoms with Crippen molar-refractivity contribution in [3.05, 3.63) is 77.2 Å². The van der Waals surface area contributed by atoms with Crippen molar-refractivity contribution in [3.8, 4) is 11.6 Å². The maximum Gasteiger partial charge on any atom is 0.272 e. The first-order valence-electron chi connectivity index (χ1n) is 8.94. The van der Waals surface area contributed by atoms with Gasteiger partial charge in [0, 0.05) is 6.07 Å². The van der Waals surface area contributed by atoms with Crippen molar-refractivity contribution in [1.82, 2.24) is 15.1 Å². The summed E-state index contributed by atoms with van der Waals surface area (Å²) in [5.41, 5.74) is 7.23. The summed E-state index contributed by atoms with van der Waals surface area (Å²) < 4.78 is 20.6. The number of nitrogens with zero attached hydrogens (tertiary/aromatic N) is 2. The molecule has 0 saturated heterocycles. The molecule has 2 aromatic carbocycles. The van der Waals surface area contributed by atoms with E-state index in [0.29, 0.717) is 0 Å². The standard InChI is InChI=1S/C21H21FN4O3/c1-13-7-3-4-8-14(13)16(11-19(23)27)24-21(28)17-12-20(29-2)26(25-17)18-10-6-5-9-15(18)22/h3-10,12,16H,11H2,1-2H3,(H2,23,27)(H,24,28). The second kappa shape index (κ2) is 8.55. The minimum Gasteiger partial charge on any atom is -0.481 e. The van der Waals surface area contributed by atoms with Crippen molar-refractivity contribution < 1.29 is 18.7 Å². The van der Waals surface area contributed by atoms with Gasteiger partial charge in [0.15, 0.2) is 5.69 Å². The van der Waals surface area contributed by atoms with Crippen LogP contribution in [0, 0.1) is 12.7 Å². The van der Waals surface area contributed by atoms with E-state index < -0.39 is 23.7 Å². The Morgan fingerprint density at radius 2 is 1.90 bits per heavy atom. The van der Waals surface area contributed by atoms with Gasteiger partial charge in [-0.3, -0.25) is 9.59 Å². The largest absolute Gasteiger partial charge is 0.481 e. The van der Waals surface area contributed by atoms with Gasteiger partial charge in [-0.15, -0.1) is 0 Å². The smallest absolute Gasteiger partial charge is 0.272 e. The number of benzene rings is 2. The van der Waals surface area contributed by atoms with Gasteiger partial charge in [-0.05, 0) is 30.2 Å². The van der Waals surface area contributed by atoms with Crippen LogP contribution in [0.5, 0.6) is 5.88 Å². The molecular weight excluding hydrogens is 375 g/mol. The maximum atomic E-state index is 14.2. The molecule has 1 atom stereocenters. The molecule has 0 saturated carbocycles. The number of methoxy groups -OCH3 is 1. The summed E-state index contributed by atoms with van der Waals surface area (Å²) in [6, 6.07) is 14.2. The maximum absolute atomic E-state index is 14.2. The van der Waals surface area contributed by atoms with Gasteiger partial charge in [0.2, 0.25) is 11.8 Å². The number of nitrogens with one attached hydrogen (secondary N) is 1. The normalized spacial score (nSPS) is 11.7. The third-order valence-corrected chi connectivity index (χ3v) is 4.47. The fraction of sp³-hybridized carbons (Fsp3) is 0.190. The number of nitrogens with two attached hydrogens (primary N) is 1. The van der Waals surface area contributed by atoms with E-state index in [4.69, 9.17) is 10.5 Å². The Morgan fingerprint density at radius 1 is 1.21 bits per heavy atom. The van der Waals surface area contributed by atoms with Crippen LogP contribution in [-0.4, -0.2) is 28.7 Å². The minimum atomic E-state index is -0.620. The molecule has 0 aliphatic heterocycles. The monoisotopic (exact) mass is 396 g/mol. The SMILES string of the molecule is COc1cc(C(=O)NC(CC(N)=O)c2ccccc2C)nn1-c1ccccc1F. The number of primary amides is 1. The van der Waals surface area contributed by atoms with Crippen molar-refractivity contribution in [3.63, 3.8) is 0 Å². The van der Waals surface area contributed by atoms with E-state index in [1.165, 1.54) is 30.0 Å². The molecule has 29 heavy (non-hydrogen) atoms. The van der Waals surface area contributed by atoms with Gasteiger partial charge >= 0.3 is 0 Å². The zero-order valence-electron chi connectivity index (χ0n) is 16.1. The summed E-state index contributed by atoms with van der Waals surface area (Å²) in [7, 11) is 1.40. The van der Waals surface area contributed by atoms with Crippen LogP contribution in [0.4, 0.5) is 4.39 Å². The molecule has 8 heteroatoms. The van der Waals surface area contributed by atoms with Gasteiger partial charge in [-0.2, -0.15) is 9.78 Å². The second-order valence-corrected chi connectivity index (χ2v) is 6.49.